The molecule has 3 rings (SSSR count). The van der Waals surface area contributed by atoms with Gasteiger partial charge in [-0.15, -0.1) is 0 Å². The van der Waals surface area contributed by atoms with E-state index in [0.29, 0.717) is 23.6 Å². The summed E-state index contributed by atoms with van der Waals surface area (Å²) in [5, 5.41) is 27.3. The molecule has 0 unspecified atom stereocenters. The molecule has 146 valence electrons. The molecule has 0 bridgehead atoms. The zero-order valence-corrected chi connectivity index (χ0v) is 19.8. The van der Waals surface area contributed by atoms with Crippen molar-refractivity contribution in [3.63, 3.8) is 0 Å². The fourth-order valence-corrected chi connectivity index (χ4v) is 2.93. The number of phenolic OH excluding ortho intramolecular Hbond substituents is 1. The number of nitrogens with one attached hydrogen (secondary N) is 1. The van der Waals surface area contributed by atoms with Crippen molar-refractivity contribution in [3.8, 4) is 17.1 Å². The Morgan fingerprint density at radius 2 is 1.97 bits per heavy atom. The summed E-state index contributed by atoms with van der Waals surface area (Å²) in [4.78, 5) is 23.4. The van der Waals surface area contributed by atoms with E-state index in [1.807, 2.05) is 6.92 Å². The minimum absolute atomic E-state index is 0. The van der Waals surface area contributed by atoms with Crippen LogP contribution in [-0.4, -0.2) is 26.7 Å². The second kappa shape index (κ2) is 10.4. The first-order chi connectivity index (χ1) is 13.4. The largest absolute Gasteiger partial charge is 1.00 e. The smallest absolute Gasteiger partial charge is 0.545 e. The van der Waals surface area contributed by atoms with Crippen LogP contribution in [0.2, 0.25) is 5.02 Å². The van der Waals surface area contributed by atoms with Gasteiger partial charge in [-0.3, -0.25) is 4.79 Å². The van der Waals surface area contributed by atoms with Gasteiger partial charge < -0.3 is 29.4 Å². The molecule has 0 aliphatic carbocycles. The number of hydrogen-bond acceptors (Lipinski definition) is 6. The van der Waals surface area contributed by atoms with Crippen LogP contribution in [0.15, 0.2) is 41.2 Å². The molecule has 2 N–H and O–H groups in total. The molecule has 10 heteroatoms. The number of aryl methyl sites for hydroxylation is 2. The van der Waals surface area contributed by atoms with Gasteiger partial charge in [-0.05, 0) is 31.2 Å². The molecule has 3 aromatic rings. The molecule has 0 saturated carbocycles. The van der Waals surface area contributed by atoms with E-state index in [2.05, 4.69) is 10.5 Å². The summed E-state index contributed by atoms with van der Waals surface area (Å²) in [6, 6.07) is 6.27. The number of aromatic nitrogens is 2. The van der Waals surface area contributed by atoms with E-state index < -0.39 is 5.97 Å². The molecule has 8 nitrogen and oxygen atoms in total. The number of hydrogen-bond donors (Lipinski definition) is 2. The number of aromatic carboxylic acids is 1. The third-order valence-electron chi connectivity index (χ3n) is 4.16. The fraction of sp³-hybridized carbons (Fsp3) is 0.211. The van der Waals surface area contributed by atoms with Gasteiger partial charge in [0.1, 0.15) is 16.5 Å². The van der Waals surface area contributed by atoms with Crippen LogP contribution in [0, 0.1) is 0 Å². The van der Waals surface area contributed by atoms with Crippen molar-refractivity contribution in [3.05, 3.63) is 52.9 Å². The van der Waals surface area contributed by atoms with Crippen molar-refractivity contribution in [1.29, 1.82) is 0 Å². The van der Waals surface area contributed by atoms with Crippen molar-refractivity contribution < 1.29 is 75.7 Å². The Morgan fingerprint density at radius 3 is 2.59 bits per heavy atom. The van der Waals surface area contributed by atoms with Crippen LogP contribution in [0.25, 0.3) is 11.3 Å². The Bertz CT molecular complexity index is 1010. The molecule has 0 saturated heterocycles. The predicted molar refractivity (Wildman–Crippen MR) is 100 cm³/mol. The quantitative estimate of drug-likeness (QED) is 0.475. The molecule has 2 heterocycles. The number of amides is 1. The number of benzene rings is 1. The molecule has 0 atom stereocenters. The van der Waals surface area contributed by atoms with Crippen LogP contribution in [-0.2, 0) is 17.8 Å². The molecule has 0 aliphatic rings. The van der Waals surface area contributed by atoms with Crippen molar-refractivity contribution in [2.24, 2.45) is 0 Å². The Kier molecular flexibility index (Phi) is 8.50. The first-order valence-electron chi connectivity index (χ1n) is 8.53. The number of carboxylic acid groups (broad SMARTS) is 1. The summed E-state index contributed by atoms with van der Waals surface area (Å²) >= 11 is 6.29. The SMILES string of the molecule is CCn1cc(NC(=O)CCc2noc(-c3ccc(O)cc3)c2Cl)c(C(=O)[O-])c1.[K+]. The molecule has 29 heavy (non-hydrogen) atoms. The van der Waals surface area contributed by atoms with Gasteiger partial charge >= 0.3 is 51.4 Å². The zero-order valence-electron chi connectivity index (χ0n) is 15.9. The maximum atomic E-state index is 12.2. The van der Waals surface area contributed by atoms with Crippen molar-refractivity contribution in [2.75, 3.05) is 5.32 Å². The molecule has 1 amide bonds. The van der Waals surface area contributed by atoms with Gasteiger partial charge in [-0.25, -0.2) is 0 Å². The molecule has 0 spiro atoms. The van der Waals surface area contributed by atoms with E-state index in [0.717, 1.165) is 0 Å². The van der Waals surface area contributed by atoms with Crippen LogP contribution >= 0.6 is 11.6 Å². The first kappa shape index (κ1) is 23.7. The molecule has 1 aromatic carbocycles. The third kappa shape index (κ3) is 5.71. The van der Waals surface area contributed by atoms with Gasteiger partial charge in [0, 0.05) is 42.9 Å². The number of rotatable bonds is 7. The average Bonchev–Trinajstić information content (AvgIpc) is 3.24. The maximum absolute atomic E-state index is 12.2. The second-order valence-corrected chi connectivity index (χ2v) is 6.45. The number of anilines is 1. The van der Waals surface area contributed by atoms with Crippen molar-refractivity contribution in [1.82, 2.24) is 9.72 Å². The summed E-state index contributed by atoms with van der Waals surface area (Å²) in [5.74, 6) is -1.29. The van der Waals surface area contributed by atoms with Gasteiger partial charge in [-0.2, -0.15) is 0 Å². The van der Waals surface area contributed by atoms with E-state index in [9.17, 15) is 19.8 Å². The average molecular weight is 442 g/mol. The number of nitrogens with zero attached hydrogens (tertiary/aromatic N) is 2. The number of carboxylic acids is 1. The van der Waals surface area contributed by atoms with E-state index in [-0.39, 0.29) is 92.2 Å². The van der Waals surface area contributed by atoms with E-state index in [1.165, 1.54) is 24.5 Å². The normalized spacial score (nSPS) is 10.4. The van der Waals surface area contributed by atoms with Crippen LogP contribution in [0.5, 0.6) is 5.75 Å². The molecule has 0 aliphatic heterocycles. The van der Waals surface area contributed by atoms with E-state index >= 15 is 0 Å². The fourth-order valence-electron chi connectivity index (χ4n) is 2.66. The molecule has 0 fully saturated rings. The van der Waals surface area contributed by atoms with Crippen LogP contribution in [0.4, 0.5) is 5.69 Å². The Labute approximate surface area is 214 Å². The maximum Gasteiger partial charge on any atom is 1.00 e. The molecule has 0 radical (unpaired) electrons. The minimum Gasteiger partial charge on any atom is -0.545 e. The summed E-state index contributed by atoms with van der Waals surface area (Å²) in [5.41, 5.74) is 1.16. The third-order valence-corrected chi connectivity index (χ3v) is 4.55. The van der Waals surface area contributed by atoms with Crippen LogP contribution in [0.3, 0.4) is 0 Å². The summed E-state index contributed by atoms with van der Waals surface area (Å²) in [7, 11) is 0. The monoisotopic (exact) mass is 441 g/mol. The molecular formula is C19H17ClKN3O5. The second-order valence-electron chi connectivity index (χ2n) is 6.07. The molecule has 2 aromatic heterocycles. The van der Waals surface area contributed by atoms with Gasteiger partial charge in [0.2, 0.25) is 5.91 Å². The number of halogens is 1. The van der Waals surface area contributed by atoms with Crippen molar-refractivity contribution >= 4 is 29.2 Å². The Morgan fingerprint density at radius 1 is 1.28 bits per heavy atom. The number of phenols is 1. The van der Waals surface area contributed by atoms with Crippen LogP contribution in [0.1, 0.15) is 29.4 Å². The van der Waals surface area contributed by atoms with E-state index in [1.54, 1.807) is 16.7 Å². The Balaban J connectivity index is 0.00000300. The standard InChI is InChI=1S/C19H18ClN3O5.K/c1-2-23-9-13(19(26)27)15(10-23)21-16(25)8-7-14-17(20)18(28-22-14)11-3-5-12(24)6-4-11;/h3-6,9-10,24H,2,7-8H2,1H3,(H,21,25)(H,26,27);/q;+1/p-1. The summed E-state index contributed by atoms with van der Waals surface area (Å²) in [6.45, 7) is 2.41. The number of aromatic hydroxyl groups is 1. The minimum atomic E-state index is -1.36. The topological polar surface area (TPSA) is 120 Å². The van der Waals surface area contributed by atoms with E-state index in [4.69, 9.17) is 16.1 Å². The van der Waals surface area contributed by atoms with Crippen LogP contribution < -0.4 is 61.8 Å². The first-order valence-corrected chi connectivity index (χ1v) is 8.91. The summed E-state index contributed by atoms with van der Waals surface area (Å²) in [6.07, 6.45) is 3.19. The van der Waals surface area contributed by atoms with Gasteiger partial charge in [0.05, 0.1) is 11.7 Å². The number of carbonyl (C=O) groups excluding carboxylic acids is 2. The van der Waals surface area contributed by atoms with Crippen molar-refractivity contribution in [2.45, 2.75) is 26.3 Å². The molecular weight excluding hydrogens is 425 g/mol. The van der Waals surface area contributed by atoms with Gasteiger partial charge in [-0.1, -0.05) is 16.8 Å². The Hall–Kier alpha value is -1.62. The zero-order chi connectivity index (χ0) is 20.3. The summed E-state index contributed by atoms with van der Waals surface area (Å²) < 4.78 is 6.89. The van der Waals surface area contributed by atoms with Gasteiger partial charge in [0.15, 0.2) is 5.76 Å². The predicted octanol–water partition coefficient (Wildman–Crippen LogP) is -0.539. The van der Waals surface area contributed by atoms with Gasteiger partial charge in [0.25, 0.3) is 0 Å². The number of carbonyl (C=O) groups is 2.